The number of hydrogen-bond donors (Lipinski definition) is 2. The molecule has 98 valence electrons. The maximum atomic E-state index is 5.85. The number of aromatic nitrogens is 2. The van der Waals surface area contributed by atoms with Crippen LogP contribution in [-0.4, -0.2) is 23.1 Å². The Morgan fingerprint density at radius 3 is 2.50 bits per heavy atom. The minimum Gasteiger partial charge on any atom is -0.329 e. The van der Waals surface area contributed by atoms with Crippen molar-refractivity contribution in [1.29, 1.82) is 0 Å². The van der Waals surface area contributed by atoms with Crippen LogP contribution < -0.4 is 11.1 Å². The first-order chi connectivity index (χ1) is 8.88. The van der Waals surface area contributed by atoms with Crippen LogP contribution in [0.25, 0.3) is 0 Å². The van der Waals surface area contributed by atoms with Gasteiger partial charge in [-0.05, 0) is 56.0 Å². The lowest BCUT2D eigenvalue weighted by molar-refractivity contribution is 0.355. The van der Waals surface area contributed by atoms with E-state index in [-0.39, 0.29) is 6.04 Å². The smallest absolute Gasteiger partial charge is 0.115 e. The first-order valence-corrected chi connectivity index (χ1v) is 7.08. The van der Waals surface area contributed by atoms with E-state index in [9.17, 15) is 0 Å². The van der Waals surface area contributed by atoms with E-state index in [2.05, 4.69) is 15.3 Å². The largest absolute Gasteiger partial charge is 0.329 e. The molecule has 0 aliphatic heterocycles. The Hall–Kier alpha value is -1.00. The Balaban J connectivity index is 1.56. The van der Waals surface area contributed by atoms with Gasteiger partial charge in [-0.25, -0.2) is 9.97 Å². The standard InChI is InChI=1S/C14H22N4/c15-7-14(13-5-6-16-9-18-13)17-8-12(10-1-2-10)11-3-4-11/h5-6,9-12,14,17H,1-4,7-8,15H2. The first kappa shape index (κ1) is 12.1. The summed E-state index contributed by atoms with van der Waals surface area (Å²) in [5.41, 5.74) is 6.86. The van der Waals surface area contributed by atoms with Crippen molar-refractivity contribution in [2.45, 2.75) is 31.7 Å². The van der Waals surface area contributed by atoms with Gasteiger partial charge < -0.3 is 11.1 Å². The highest BCUT2D eigenvalue weighted by Gasteiger charge is 2.41. The second-order valence-corrected chi connectivity index (χ2v) is 5.67. The van der Waals surface area contributed by atoms with E-state index in [1.54, 1.807) is 12.5 Å². The second kappa shape index (κ2) is 5.33. The van der Waals surface area contributed by atoms with Gasteiger partial charge in [0.1, 0.15) is 6.33 Å². The number of nitrogens with zero attached hydrogens (tertiary/aromatic N) is 2. The zero-order valence-corrected chi connectivity index (χ0v) is 10.8. The Morgan fingerprint density at radius 2 is 2.00 bits per heavy atom. The highest BCUT2D eigenvalue weighted by molar-refractivity contribution is 5.05. The summed E-state index contributed by atoms with van der Waals surface area (Å²) in [7, 11) is 0. The molecule has 0 amide bonds. The van der Waals surface area contributed by atoms with Gasteiger partial charge in [0.15, 0.2) is 0 Å². The molecule has 0 bridgehead atoms. The van der Waals surface area contributed by atoms with E-state index in [1.807, 2.05) is 6.07 Å². The molecule has 2 saturated carbocycles. The monoisotopic (exact) mass is 246 g/mol. The lowest BCUT2D eigenvalue weighted by atomic mass is 9.97. The molecule has 3 N–H and O–H groups in total. The molecular weight excluding hydrogens is 224 g/mol. The molecule has 0 saturated heterocycles. The van der Waals surface area contributed by atoms with Crippen LogP contribution in [0.15, 0.2) is 18.6 Å². The fourth-order valence-corrected chi connectivity index (χ4v) is 2.86. The molecule has 1 aromatic rings. The zero-order chi connectivity index (χ0) is 12.4. The third kappa shape index (κ3) is 2.87. The van der Waals surface area contributed by atoms with E-state index < -0.39 is 0 Å². The maximum Gasteiger partial charge on any atom is 0.115 e. The quantitative estimate of drug-likeness (QED) is 0.765. The molecule has 2 aliphatic rings. The van der Waals surface area contributed by atoms with Crippen molar-refractivity contribution in [3.63, 3.8) is 0 Å². The predicted molar refractivity (Wildman–Crippen MR) is 70.8 cm³/mol. The van der Waals surface area contributed by atoms with E-state index in [4.69, 9.17) is 5.73 Å². The van der Waals surface area contributed by atoms with Crippen molar-refractivity contribution in [3.05, 3.63) is 24.3 Å². The molecule has 2 fully saturated rings. The Labute approximate surface area is 108 Å². The molecule has 0 spiro atoms. The number of nitrogens with one attached hydrogen (secondary N) is 1. The Kier molecular flexibility index (Phi) is 3.57. The summed E-state index contributed by atoms with van der Waals surface area (Å²) in [6.07, 6.45) is 9.12. The number of hydrogen-bond acceptors (Lipinski definition) is 4. The van der Waals surface area contributed by atoms with E-state index in [0.29, 0.717) is 6.54 Å². The molecule has 1 atom stereocenters. The molecule has 1 heterocycles. The van der Waals surface area contributed by atoms with Gasteiger partial charge in [0.2, 0.25) is 0 Å². The molecule has 1 aromatic heterocycles. The summed E-state index contributed by atoms with van der Waals surface area (Å²) in [6.45, 7) is 1.69. The maximum absolute atomic E-state index is 5.85. The minimum absolute atomic E-state index is 0.174. The van der Waals surface area contributed by atoms with Crippen LogP contribution in [0, 0.1) is 17.8 Å². The van der Waals surface area contributed by atoms with Gasteiger partial charge in [-0.3, -0.25) is 0 Å². The van der Waals surface area contributed by atoms with Gasteiger partial charge in [-0.2, -0.15) is 0 Å². The van der Waals surface area contributed by atoms with Gasteiger partial charge in [0.25, 0.3) is 0 Å². The molecule has 18 heavy (non-hydrogen) atoms. The summed E-state index contributed by atoms with van der Waals surface area (Å²) in [5, 5.41) is 3.61. The van der Waals surface area contributed by atoms with Gasteiger partial charge in [0, 0.05) is 12.7 Å². The van der Waals surface area contributed by atoms with E-state index >= 15 is 0 Å². The average molecular weight is 246 g/mol. The molecular formula is C14H22N4. The molecule has 3 rings (SSSR count). The highest BCUT2D eigenvalue weighted by atomic mass is 15.0. The number of rotatable bonds is 7. The van der Waals surface area contributed by atoms with Crippen LogP contribution in [0.3, 0.4) is 0 Å². The predicted octanol–water partition coefficient (Wildman–Crippen LogP) is 1.50. The van der Waals surface area contributed by atoms with E-state index in [0.717, 1.165) is 30.0 Å². The molecule has 4 nitrogen and oxygen atoms in total. The summed E-state index contributed by atoms with van der Waals surface area (Å²) < 4.78 is 0. The molecule has 1 unspecified atom stereocenters. The fraction of sp³-hybridized carbons (Fsp3) is 0.714. The van der Waals surface area contributed by atoms with Gasteiger partial charge in [-0.1, -0.05) is 0 Å². The summed E-state index contributed by atoms with van der Waals surface area (Å²) in [5.74, 6) is 2.84. The number of nitrogens with two attached hydrogens (primary N) is 1. The van der Waals surface area contributed by atoms with Crippen LogP contribution in [-0.2, 0) is 0 Å². The third-order valence-electron chi connectivity index (χ3n) is 4.25. The van der Waals surface area contributed by atoms with Crippen molar-refractivity contribution in [2.75, 3.05) is 13.1 Å². The van der Waals surface area contributed by atoms with Crippen molar-refractivity contribution >= 4 is 0 Å². The van der Waals surface area contributed by atoms with Crippen molar-refractivity contribution in [3.8, 4) is 0 Å². The van der Waals surface area contributed by atoms with Gasteiger partial charge in [0.05, 0.1) is 11.7 Å². The van der Waals surface area contributed by atoms with Crippen LogP contribution in [0.1, 0.15) is 37.4 Å². The highest BCUT2D eigenvalue weighted by Crippen LogP contribution is 2.48. The van der Waals surface area contributed by atoms with Gasteiger partial charge >= 0.3 is 0 Å². The topological polar surface area (TPSA) is 63.8 Å². The minimum atomic E-state index is 0.174. The second-order valence-electron chi connectivity index (χ2n) is 5.67. The lowest BCUT2D eigenvalue weighted by Gasteiger charge is -2.21. The van der Waals surface area contributed by atoms with Crippen LogP contribution in [0.4, 0.5) is 0 Å². The summed E-state index contributed by atoms with van der Waals surface area (Å²) in [4.78, 5) is 8.25. The SMILES string of the molecule is NCC(NCC(C1CC1)C1CC1)c1ccncn1. The zero-order valence-electron chi connectivity index (χ0n) is 10.8. The fourth-order valence-electron chi connectivity index (χ4n) is 2.86. The van der Waals surface area contributed by atoms with E-state index in [1.165, 1.54) is 25.7 Å². The van der Waals surface area contributed by atoms with Crippen LogP contribution in [0.2, 0.25) is 0 Å². The lowest BCUT2D eigenvalue weighted by Crippen LogP contribution is -2.34. The molecule has 2 aliphatic carbocycles. The Bertz CT molecular complexity index is 361. The van der Waals surface area contributed by atoms with Crippen molar-refractivity contribution in [2.24, 2.45) is 23.5 Å². The van der Waals surface area contributed by atoms with Crippen LogP contribution >= 0.6 is 0 Å². The molecule has 0 aromatic carbocycles. The van der Waals surface area contributed by atoms with Crippen molar-refractivity contribution in [1.82, 2.24) is 15.3 Å². The van der Waals surface area contributed by atoms with Crippen molar-refractivity contribution < 1.29 is 0 Å². The third-order valence-corrected chi connectivity index (χ3v) is 4.25. The summed E-state index contributed by atoms with van der Waals surface area (Å²) in [6, 6.07) is 2.13. The van der Waals surface area contributed by atoms with Crippen LogP contribution in [0.5, 0.6) is 0 Å². The molecule has 0 radical (unpaired) electrons. The first-order valence-electron chi connectivity index (χ1n) is 7.08. The summed E-state index contributed by atoms with van der Waals surface area (Å²) >= 11 is 0. The molecule has 4 heteroatoms. The average Bonchev–Trinajstić information content (AvgIpc) is 3.29. The Morgan fingerprint density at radius 1 is 1.28 bits per heavy atom. The van der Waals surface area contributed by atoms with Gasteiger partial charge in [-0.15, -0.1) is 0 Å². The normalized spacial score (nSPS) is 21.2.